The lowest BCUT2D eigenvalue weighted by atomic mass is 10.2. The van der Waals surface area contributed by atoms with E-state index in [-0.39, 0.29) is 0 Å². The maximum absolute atomic E-state index is 12.1. The Morgan fingerprint density at radius 3 is 2.52 bits per heavy atom. The van der Waals surface area contributed by atoms with Crippen molar-refractivity contribution < 1.29 is 18.0 Å². The van der Waals surface area contributed by atoms with Crippen molar-refractivity contribution in [2.24, 2.45) is 0 Å². The zero-order valence-corrected chi connectivity index (χ0v) is 11.4. The maximum Gasteiger partial charge on any atom is 0.389 e. The molecule has 0 atom stereocenters. The predicted octanol–water partition coefficient (Wildman–Crippen LogP) is 1.65. The zero-order chi connectivity index (χ0) is 15.5. The van der Waals surface area contributed by atoms with E-state index in [0.29, 0.717) is 31.9 Å². The number of rotatable bonds is 3. The molecule has 1 aromatic rings. The Kier molecular flexibility index (Phi) is 4.54. The molecule has 8 heteroatoms. The standard InChI is InChI=1S/C13H17F3N4O/c14-13(15,16)3-1-12(21)20-7-5-19(6-8-20)11-2-4-18-9-10(11)17/h2,4,9H,1,3,5-8,17H2. The van der Waals surface area contributed by atoms with Crippen LogP contribution in [0, 0.1) is 0 Å². The Bertz CT molecular complexity index is 498. The van der Waals surface area contributed by atoms with Gasteiger partial charge in [-0.15, -0.1) is 0 Å². The van der Waals surface area contributed by atoms with Crippen molar-refractivity contribution in [2.45, 2.75) is 19.0 Å². The number of alkyl halides is 3. The van der Waals surface area contributed by atoms with E-state index in [1.807, 2.05) is 4.90 Å². The SMILES string of the molecule is Nc1cnccc1N1CCN(C(=O)CCC(F)(F)F)CC1. The van der Waals surface area contributed by atoms with E-state index in [4.69, 9.17) is 5.73 Å². The zero-order valence-electron chi connectivity index (χ0n) is 11.4. The van der Waals surface area contributed by atoms with E-state index in [1.54, 1.807) is 18.5 Å². The third-order valence-electron chi connectivity index (χ3n) is 3.42. The van der Waals surface area contributed by atoms with Crippen LogP contribution in [0.4, 0.5) is 24.5 Å². The number of carbonyl (C=O) groups excluding carboxylic acids is 1. The lowest BCUT2D eigenvalue weighted by Gasteiger charge is -2.36. The molecule has 0 spiro atoms. The molecule has 2 N–H and O–H groups in total. The molecule has 1 fully saturated rings. The number of pyridine rings is 1. The number of aromatic nitrogens is 1. The van der Waals surface area contributed by atoms with Crippen LogP contribution >= 0.6 is 0 Å². The molecule has 0 aromatic carbocycles. The summed E-state index contributed by atoms with van der Waals surface area (Å²) in [5, 5.41) is 0. The first-order chi connectivity index (χ1) is 9.87. The Morgan fingerprint density at radius 1 is 1.29 bits per heavy atom. The van der Waals surface area contributed by atoms with Crippen molar-refractivity contribution in [3.8, 4) is 0 Å². The smallest absolute Gasteiger partial charge is 0.389 e. The maximum atomic E-state index is 12.1. The van der Waals surface area contributed by atoms with Crippen LogP contribution in [0.15, 0.2) is 18.5 Å². The second-order valence-corrected chi connectivity index (χ2v) is 4.92. The first-order valence-corrected chi connectivity index (χ1v) is 6.66. The molecule has 2 rings (SSSR count). The number of anilines is 2. The van der Waals surface area contributed by atoms with Gasteiger partial charge < -0.3 is 15.5 Å². The van der Waals surface area contributed by atoms with Gasteiger partial charge in [0.25, 0.3) is 0 Å². The third kappa shape index (κ3) is 4.24. The lowest BCUT2D eigenvalue weighted by Crippen LogP contribution is -2.49. The summed E-state index contributed by atoms with van der Waals surface area (Å²) in [4.78, 5) is 19.1. The first-order valence-electron chi connectivity index (χ1n) is 6.66. The van der Waals surface area contributed by atoms with Crippen LogP contribution in [0.1, 0.15) is 12.8 Å². The number of nitrogens with two attached hydrogens (primary N) is 1. The molecule has 1 aliphatic heterocycles. The molecular weight excluding hydrogens is 285 g/mol. The summed E-state index contributed by atoms with van der Waals surface area (Å²) >= 11 is 0. The van der Waals surface area contributed by atoms with Gasteiger partial charge in [-0.25, -0.2) is 0 Å². The first kappa shape index (κ1) is 15.4. The molecule has 1 aromatic heterocycles. The second-order valence-electron chi connectivity index (χ2n) is 4.92. The molecule has 0 bridgehead atoms. The topological polar surface area (TPSA) is 62.5 Å². The van der Waals surface area contributed by atoms with Crippen LogP contribution in [-0.4, -0.2) is 48.1 Å². The number of amides is 1. The fourth-order valence-corrected chi connectivity index (χ4v) is 2.29. The fraction of sp³-hybridized carbons (Fsp3) is 0.538. The van der Waals surface area contributed by atoms with E-state index in [2.05, 4.69) is 4.98 Å². The molecule has 2 heterocycles. The molecule has 0 aliphatic carbocycles. The number of nitrogens with zero attached hydrogens (tertiary/aromatic N) is 3. The second kappa shape index (κ2) is 6.19. The Labute approximate surface area is 120 Å². The highest BCUT2D eigenvalue weighted by Gasteiger charge is 2.30. The Morgan fingerprint density at radius 2 is 1.95 bits per heavy atom. The van der Waals surface area contributed by atoms with Gasteiger partial charge >= 0.3 is 6.18 Å². The van der Waals surface area contributed by atoms with Crippen molar-refractivity contribution >= 4 is 17.3 Å². The van der Waals surface area contributed by atoms with Crippen LogP contribution in [0.25, 0.3) is 0 Å². The molecule has 1 aliphatic rings. The normalized spacial score (nSPS) is 16.1. The van der Waals surface area contributed by atoms with E-state index >= 15 is 0 Å². The number of nitrogen functional groups attached to an aromatic ring is 1. The summed E-state index contributed by atoms with van der Waals surface area (Å²) in [5.74, 6) is -0.449. The van der Waals surface area contributed by atoms with Crippen LogP contribution in [-0.2, 0) is 4.79 Å². The summed E-state index contributed by atoms with van der Waals surface area (Å²) in [5.41, 5.74) is 7.22. The van der Waals surface area contributed by atoms with Gasteiger partial charge in [0.05, 0.1) is 24.0 Å². The minimum atomic E-state index is -4.29. The summed E-state index contributed by atoms with van der Waals surface area (Å²) < 4.78 is 36.3. The number of hydrogen-bond donors (Lipinski definition) is 1. The largest absolute Gasteiger partial charge is 0.396 e. The summed E-state index contributed by atoms with van der Waals surface area (Å²) in [6.07, 6.45) is -2.66. The van der Waals surface area contributed by atoms with Crippen LogP contribution in [0.3, 0.4) is 0 Å². The number of halogens is 3. The van der Waals surface area contributed by atoms with Gasteiger partial charge in [0.2, 0.25) is 5.91 Å². The van der Waals surface area contributed by atoms with Crippen molar-refractivity contribution in [3.63, 3.8) is 0 Å². The minimum absolute atomic E-state index is 0.401. The molecular formula is C13H17F3N4O. The fourth-order valence-electron chi connectivity index (χ4n) is 2.29. The van der Waals surface area contributed by atoms with E-state index < -0.39 is 24.9 Å². The van der Waals surface area contributed by atoms with Gasteiger partial charge in [-0.2, -0.15) is 13.2 Å². The van der Waals surface area contributed by atoms with Gasteiger partial charge in [0.1, 0.15) is 0 Å². The Hall–Kier alpha value is -1.99. The van der Waals surface area contributed by atoms with Crippen LogP contribution in [0.5, 0.6) is 0 Å². The van der Waals surface area contributed by atoms with Gasteiger partial charge in [-0.05, 0) is 6.07 Å². The minimum Gasteiger partial charge on any atom is -0.396 e. The summed E-state index contributed by atoms with van der Waals surface area (Å²) in [6.45, 7) is 1.90. The van der Waals surface area contributed by atoms with Gasteiger partial charge in [0.15, 0.2) is 0 Å². The average Bonchev–Trinajstić information content (AvgIpc) is 2.45. The molecule has 0 radical (unpaired) electrons. The van der Waals surface area contributed by atoms with Gasteiger partial charge in [-0.1, -0.05) is 0 Å². The van der Waals surface area contributed by atoms with Crippen molar-refractivity contribution in [2.75, 3.05) is 36.8 Å². The Balaban J connectivity index is 1.86. The quantitative estimate of drug-likeness (QED) is 0.922. The highest BCUT2D eigenvalue weighted by atomic mass is 19.4. The molecule has 0 unspecified atom stereocenters. The molecule has 21 heavy (non-hydrogen) atoms. The van der Waals surface area contributed by atoms with Crippen LogP contribution in [0.2, 0.25) is 0 Å². The number of carbonyl (C=O) groups is 1. The van der Waals surface area contributed by atoms with Crippen molar-refractivity contribution in [1.29, 1.82) is 0 Å². The van der Waals surface area contributed by atoms with Crippen LogP contribution < -0.4 is 10.6 Å². The molecule has 0 saturated carbocycles. The summed E-state index contributed by atoms with van der Waals surface area (Å²) in [6, 6.07) is 1.79. The third-order valence-corrected chi connectivity index (χ3v) is 3.42. The lowest BCUT2D eigenvalue weighted by molar-refractivity contribution is -0.149. The highest BCUT2D eigenvalue weighted by Crippen LogP contribution is 2.24. The number of piperazine rings is 1. The van der Waals surface area contributed by atoms with E-state index in [1.165, 1.54) is 4.90 Å². The predicted molar refractivity (Wildman–Crippen MR) is 72.7 cm³/mol. The monoisotopic (exact) mass is 302 g/mol. The number of hydrogen-bond acceptors (Lipinski definition) is 4. The van der Waals surface area contributed by atoms with Crippen molar-refractivity contribution in [3.05, 3.63) is 18.5 Å². The summed E-state index contributed by atoms with van der Waals surface area (Å²) in [7, 11) is 0. The van der Waals surface area contributed by atoms with Gasteiger partial charge in [-0.3, -0.25) is 9.78 Å². The highest BCUT2D eigenvalue weighted by molar-refractivity contribution is 5.76. The molecule has 1 amide bonds. The van der Waals surface area contributed by atoms with E-state index in [9.17, 15) is 18.0 Å². The average molecular weight is 302 g/mol. The molecule has 5 nitrogen and oxygen atoms in total. The van der Waals surface area contributed by atoms with E-state index in [0.717, 1.165) is 5.69 Å². The molecule has 1 saturated heterocycles. The molecule has 116 valence electrons. The van der Waals surface area contributed by atoms with Crippen molar-refractivity contribution in [1.82, 2.24) is 9.88 Å². The van der Waals surface area contributed by atoms with Gasteiger partial charge in [0, 0.05) is 38.8 Å².